The van der Waals surface area contributed by atoms with E-state index in [-0.39, 0.29) is 12.5 Å². The van der Waals surface area contributed by atoms with Gasteiger partial charge in [-0.1, -0.05) is 18.2 Å². The molecule has 0 aliphatic rings. The van der Waals surface area contributed by atoms with E-state index in [1.807, 2.05) is 68.6 Å². The number of carbonyl (C=O) groups is 1. The molecular formula is C21H23N3O3. The monoisotopic (exact) mass is 365 g/mol. The number of nitrogens with one attached hydrogen (secondary N) is 1. The highest BCUT2D eigenvalue weighted by Crippen LogP contribution is 2.22. The largest absolute Gasteiger partial charge is 0.497 e. The van der Waals surface area contributed by atoms with Gasteiger partial charge in [-0.2, -0.15) is 5.10 Å². The third-order valence-corrected chi connectivity index (χ3v) is 4.20. The van der Waals surface area contributed by atoms with Crippen LogP contribution in [0.25, 0.3) is 5.69 Å². The lowest BCUT2D eigenvalue weighted by molar-refractivity contribution is -0.123. The number of carbonyl (C=O) groups excluding carboxylic acids is 1. The third-order valence-electron chi connectivity index (χ3n) is 4.20. The van der Waals surface area contributed by atoms with Crippen LogP contribution in [0.3, 0.4) is 0 Å². The van der Waals surface area contributed by atoms with E-state index in [2.05, 4.69) is 10.4 Å². The Kier molecular flexibility index (Phi) is 5.76. The molecule has 0 aliphatic heterocycles. The minimum atomic E-state index is -0.184. The number of para-hydroxylation sites is 1. The molecule has 2 aromatic carbocycles. The third kappa shape index (κ3) is 4.67. The average Bonchev–Trinajstić information content (AvgIpc) is 3.15. The Bertz CT molecular complexity index is 896. The number of amides is 1. The molecule has 0 spiro atoms. The molecule has 0 radical (unpaired) electrons. The van der Waals surface area contributed by atoms with Crippen molar-refractivity contribution >= 4 is 5.91 Å². The van der Waals surface area contributed by atoms with E-state index in [0.717, 1.165) is 34.0 Å². The van der Waals surface area contributed by atoms with Crippen molar-refractivity contribution in [1.82, 2.24) is 15.1 Å². The molecular weight excluding hydrogens is 342 g/mol. The van der Waals surface area contributed by atoms with Crippen LogP contribution in [0.15, 0.2) is 54.7 Å². The number of methoxy groups -OCH3 is 1. The van der Waals surface area contributed by atoms with Gasteiger partial charge < -0.3 is 14.8 Å². The molecule has 0 saturated heterocycles. The maximum absolute atomic E-state index is 12.1. The Morgan fingerprint density at radius 1 is 1.07 bits per heavy atom. The van der Waals surface area contributed by atoms with Crippen LogP contribution in [0.4, 0.5) is 0 Å². The number of ether oxygens (including phenoxy) is 2. The first-order chi connectivity index (χ1) is 13.1. The zero-order valence-electron chi connectivity index (χ0n) is 15.7. The van der Waals surface area contributed by atoms with Gasteiger partial charge >= 0.3 is 0 Å². The lowest BCUT2D eigenvalue weighted by atomic mass is 10.1. The van der Waals surface area contributed by atoms with Gasteiger partial charge in [-0.25, -0.2) is 4.68 Å². The molecule has 1 N–H and O–H groups in total. The Balaban J connectivity index is 1.52. The second-order valence-corrected chi connectivity index (χ2v) is 6.24. The van der Waals surface area contributed by atoms with Crippen LogP contribution in [0.1, 0.15) is 16.8 Å². The van der Waals surface area contributed by atoms with Gasteiger partial charge in [-0.05, 0) is 55.3 Å². The van der Waals surface area contributed by atoms with E-state index in [4.69, 9.17) is 9.47 Å². The second kappa shape index (κ2) is 8.40. The van der Waals surface area contributed by atoms with Crippen LogP contribution in [-0.2, 0) is 11.3 Å². The number of hydrogen-bond donors (Lipinski definition) is 1. The minimum absolute atomic E-state index is 0.0229. The fourth-order valence-corrected chi connectivity index (χ4v) is 2.74. The first kappa shape index (κ1) is 18.5. The van der Waals surface area contributed by atoms with Crippen molar-refractivity contribution in [2.75, 3.05) is 13.7 Å². The van der Waals surface area contributed by atoms with Gasteiger partial charge in [0, 0.05) is 6.20 Å². The number of rotatable bonds is 7. The Hall–Kier alpha value is -3.28. The molecule has 1 heterocycles. The topological polar surface area (TPSA) is 65.4 Å². The van der Waals surface area contributed by atoms with Gasteiger partial charge in [0.25, 0.3) is 5.91 Å². The van der Waals surface area contributed by atoms with Gasteiger partial charge in [-0.15, -0.1) is 0 Å². The predicted molar refractivity (Wildman–Crippen MR) is 103 cm³/mol. The lowest BCUT2D eigenvalue weighted by Crippen LogP contribution is -2.28. The zero-order chi connectivity index (χ0) is 19.2. The first-order valence-electron chi connectivity index (χ1n) is 8.71. The van der Waals surface area contributed by atoms with Crippen molar-refractivity contribution in [3.8, 4) is 17.2 Å². The van der Waals surface area contributed by atoms with Gasteiger partial charge in [-0.3, -0.25) is 4.79 Å². The number of nitrogens with zero attached hydrogens (tertiary/aromatic N) is 2. The molecule has 0 fully saturated rings. The first-order valence-corrected chi connectivity index (χ1v) is 8.71. The highest BCUT2D eigenvalue weighted by atomic mass is 16.5. The van der Waals surface area contributed by atoms with Gasteiger partial charge in [0.2, 0.25) is 0 Å². The van der Waals surface area contributed by atoms with Gasteiger partial charge in [0.15, 0.2) is 6.61 Å². The maximum Gasteiger partial charge on any atom is 0.258 e. The highest BCUT2D eigenvalue weighted by Gasteiger charge is 2.08. The summed E-state index contributed by atoms with van der Waals surface area (Å²) < 4.78 is 12.6. The summed E-state index contributed by atoms with van der Waals surface area (Å²) in [7, 11) is 1.63. The van der Waals surface area contributed by atoms with Crippen LogP contribution in [0.5, 0.6) is 11.5 Å². The molecule has 27 heavy (non-hydrogen) atoms. The van der Waals surface area contributed by atoms with Crippen molar-refractivity contribution in [2.24, 2.45) is 0 Å². The summed E-state index contributed by atoms with van der Waals surface area (Å²) >= 11 is 0. The molecule has 6 heteroatoms. The van der Waals surface area contributed by atoms with Crippen LogP contribution in [-0.4, -0.2) is 29.4 Å². The molecule has 140 valence electrons. The molecule has 0 aliphatic carbocycles. The normalized spacial score (nSPS) is 10.5. The molecule has 0 saturated carbocycles. The standard InChI is InChI=1S/C21H23N3O3/c1-15-5-4-6-16(2)21(15)27-14-20(25)22-13-17-11-12-24(23-17)18-7-9-19(26-3)10-8-18/h4-12H,13-14H2,1-3H3,(H,22,25). The summed E-state index contributed by atoms with van der Waals surface area (Å²) in [5.74, 6) is 1.37. The van der Waals surface area contributed by atoms with Gasteiger partial charge in [0.1, 0.15) is 11.5 Å². The molecule has 1 aromatic heterocycles. The van der Waals surface area contributed by atoms with E-state index < -0.39 is 0 Å². The number of aromatic nitrogens is 2. The summed E-state index contributed by atoms with van der Waals surface area (Å²) in [6, 6.07) is 15.4. The van der Waals surface area contributed by atoms with Crippen molar-refractivity contribution in [2.45, 2.75) is 20.4 Å². The average molecular weight is 365 g/mol. The van der Waals surface area contributed by atoms with E-state index in [1.54, 1.807) is 11.8 Å². The quantitative estimate of drug-likeness (QED) is 0.698. The smallest absolute Gasteiger partial charge is 0.258 e. The number of hydrogen-bond acceptors (Lipinski definition) is 4. The van der Waals surface area contributed by atoms with E-state index in [0.29, 0.717) is 6.54 Å². The fraction of sp³-hybridized carbons (Fsp3) is 0.238. The van der Waals surface area contributed by atoms with E-state index in [1.165, 1.54) is 0 Å². The Morgan fingerprint density at radius 2 is 1.78 bits per heavy atom. The molecule has 1 amide bonds. The molecule has 0 unspecified atom stereocenters. The van der Waals surface area contributed by atoms with Crippen molar-refractivity contribution < 1.29 is 14.3 Å². The Labute approximate surface area is 158 Å². The SMILES string of the molecule is COc1ccc(-n2ccc(CNC(=O)COc3c(C)cccc3C)n2)cc1. The minimum Gasteiger partial charge on any atom is -0.497 e. The van der Waals surface area contributed by atoms with Crippen LogP contribution in [0, 0.1) is 13.8 Å². The highest BCUT2D eigenvalue weighted by molar-refractivity contribution is 5.77. The Morgan fingerprint density at radius 3 is 2.44 bits per heavy atom. The summed E-state index contributed by atoms with van der Waals surface area (Å²) in [5, 5.41) is 7.31. The summed E-state index contributed by atoms with van der Waals surface area (Å²) in [6.45, 7) is 4.25. The molecule has 6 nitrogen and oxygen atoms in total. The van der Waals surface area contributed by atoms with Crippen molar-refractivity contribution in [3.05, 3.63) is 71.5 Å². The van der Waals surface area contributed by atoms with Crippen LogP contribution in [0.2, 0.25) is 0 Å². The maximum atomic E-state index is 12.1. The van der Waals surface area contributed by atoms with E-state index >= 15 is 0 Å². The fourth-order valence-electron chi connectivity index (χ4n) is 2.74. The molecule has 3 rings (SSSR count). The van der Waals surface area contributed by atoms with Crippen LogP contribution < -0.4 is 14.8 Å². The van der Waals surface area contributed by atoms with Crippen molar-refractivity contribution in [1.29, 1.82) is 0 Å². The summed E-state index contributed by atoms with van der Waals surface area (Å²) in [5.41, 5.74) is 3.72. The molecule has 0 atom stereocenters. The second-order valence-electron chi connectivity index (χ2n) is 6.24. The lowest BCUT2D eigenvalue weighted by Gasteiger charge is -2.11. The molecule has 3 aromatic rings. The van der Waals surface area contributed by atoms with Crippen molar-refractivity contribution in [3.63, 3.8) is 0 Å². The molecule has 0 bridgehead atoms. The summed E-state index contributed by atoms with van der Waals surface area (Å²) in [6.07, 6.45) is 1.86. The zero-order valence-corrected chi connectivity index (χ0v) is 15.7. The van der Waals surface area contributed by atoms with E-state index in [9.17, 15) is 4.79 Å². The number of benzene rings is 2. The van der Waals surface area contributed by atoms with Gasteiger partial charge in [0.05, 0.1) is 25.0 Å². The summed E-state index contributed by atoms with van der Waals surface area (Å²) in [4.78, 5) is 12.1. The predicted octanol–water partition coefficient (Wildman–Crippen LogP) is 3.19. The van der Waals surface area contributed by atoms with Crippen LogP contribution >= 0.6 is 0 Å². The number of aryl methyl sites for hydroxylation is 2.